The maximum atomic E-state index is 12.4. The van der Waals surface area contributed by atoms with E-state index in [1.54, 1.807) is 38.1 Å². The Bertz CT molecular complexity index is 749. The Morgan fingerprint density at radius 2 is 1.69 bits per heavy atom. The van der Waals surface area contributed by atoms with Gasteiger partial charge in [-0.25, -0.2) is 19.3 Å². The molecule has 10 heteroatoms. The molecule has 26 heavy (non-hydrogen) atoms. The molecule has 1 aromatic heterocycles. The number of carbonyl (C=O) groups excluding carboxylic acids is 1. The molecule has 2 rings (SSSR count). The van der Waals surface area contributed by atoms with Crippen LogP contribution in [0.2, 0.25) is 5.02 Å². The molecular formula is C16H18ClN3O6. The van der Waals surface area contributed by atoms with Crippen LogP contribution in [0, 0.1) is 5.92 Å². The van der Waals surface area contributed by atoms with Crippen molar-refractivity contribution in [3.63, 3.8) is 0 Å². The highest BCUT2D eigenvalue weighted by Crippen LogP contribution is 2.28. The van der Waals surface area contributed by atoms with Gasteiger partial charge >= 0.3 is 11.9 Å². The maximum absolute atomic E-state index is 12.4. The number of aromatic nitrogens is 3. The van der Waals surface area contributed by atoms with E-state index < -0.39 is 17.5 Å². The molecule has 3 N–H and O–H groups in total. The molecule has 0 spiro atoms. The van der Waals surface area contributed by atoms with Crippen molar-refractivity contribution < 1.29 is 29.7 Å². The first-order valence-electron chi connectivity index (χ1n) is 7.39. The minimum atomic E-state index is -1.82. The van der Waals surface area contributed by atoms with Crippen LogP contribution < -0.4 is 0 Å². The second kappa shape index (κ2) is 9.07. The van der Waals surface area contributed by atoms with Crippen LogP contribution in [0.4, 0.5) is 0 Å². The summed E-state index contributed by atoms with van der Waals surface area (Å²) in [7, 11) is 0. The van der Waals surface area contributed by atoms with Gasteiger partial charge in [0.05, 0.1) is 6.54 Å². The number of hydrogen-bond acceptors (Lipinski definition) is 6. The summed E-state index contributed by atoms with van der Waals surface area (Å²) in [5.41, 5.74) is -1.15. The van der Waals surface area contributed by atoms with E-state index in [1.165, 1.54) is 17.3 Å². The number of Topliss-reactive ketones (excluding diaryl/α,β-unsaturated/α-hetero) is 1. The predicted molar refractivity (Wildman–Crippen MR) is 90.5 cm³/mol. The van der Waals surface area contributed by atoms with E-state index in [-0.39, 0.29) is 18.2 Å². The molecule has 1 atom stereocenters. The van der Waals surface area contributed by atoms with Crippen LogP contribution in [0.25, 0.3) is 0 Å². The van der Waals surface area contributed by atoms with Gasteiger partial charge in [0.1, 0.15) is 12.7 Å². The first kappa shape index (κ1) is 21.3. The molecule has 0 aliphatic rings. The Balaban J connectivity index is 0.000000487. The fourth-order valence-corrected chi connectivity index (χ4v) is 2.19. The summed E-state index contributed by atoms with van der Waals surface area (Å²) >= 11 is 5.85. The third kappa shape index (κ3) is 5.64. The average molecular weight is 384 g/mol. The fraction of sp³-hybridized carbons (Fsp3) is 0.312. The Labute approximate surface area is 153 Å². The highest BCUT2D eigenvalue weighted by Gasteiger charge is 2.39. The normalized spacial score (nSPS) is 12.7. The number of carbonyl (C=O) groups is 3. The number of aliphatic carboxylic acids is 2. The molecule has 0 saturated heterocycles. The van der Waals surface area contributed by atoms with E-state index in [1.807, 2.05) is 0 Å². The average Bonchev–Trinajstić information content (AvgIpc) is 3.07. The third-order valence-electron chi connectivity index (χ3n) is 3.29. The second-order valence-corrected chi connectivity index (χ2v) is 6.03. The van der Waals surface area contributed by atoms with Crippen molar-refractivity contribution in [1.82, 2.24) is 14.8 Å². The summed E-state index contributed by atoms with van der Waals surface area (Å²) in [6.45, 7) is 3.53. The quantitative estimate of drug-likeness (QED) is 0.653. The molecule has 0 amide bonds. The molecule has 0 fully saturated rings. The van der Waals surface area contributed by atoms with Gasteiger partial charge in [-0.1, -0.05) is 37.6 Å². The smallest absolute Gasteiger partial charge is 0.414 e. The van der Waals surface area contributed by atoms with Crippen molar-refractivity contribution >= 4 is 29.3 Å². The van der Waals surface area contributed by atoms with Crippen molar-refractivity contribution in [3.8, 4) is 0 Å². The Morgan fingerprint density at radius 3 is 2.08 bits per heavy atom. The molecule has 9 nitrogen and oxygen atoms in total. The number of halogens is 1. The topological polar surface area (TPSA) is 143 Å². The SMILES string of the molecule is CC(C)C(=O)C(O)(Cn1cncn1)c1ccc(Cl)cc1.O=C(O)C(=O)O. The summed E-state index contributed by atoms with van der Waals surface area (Å²) in [6.07, 6.45) is 2.83. The zero-order chi connectivity index (χ0) is 19.9. The summed E-state index contributed by atoms with van der Waals surface area (Å²) in [5, 5.41) is 30.2. The van der Waals surface area contributed by atoms with Gasteiger partial charge in [0, 0.05) is 10.9 Å². The first-order chi connectivity index (χ1) is 12.1. The standard InChI is InChI=1S/C14H16ClN3O2.C2H2O4/c1-10(2)13(19)14(20,7-18-9-16-8-17-18)11-3-5-12(15)6-4-11;3-1(4)2(5)6/h3-6,8-10,20H,7H2,1-2H3;(H,3,4)(H,5,6). The number of aliphatic hydroxyl groups is 1. The molecule has 1 aromatic carbocycles. The predicted octanol–water partition coefficient (Wildman–Crippen LogP) is 1.20. The maximum Gasteiger partial charge on any atom is 0.414 e. The van der Waals surface area contributed by atoms with Crippen LogP contribution in [-0.2, 0) is 26.5 Å². The summed E-state index contributed by atoms with van der Waals surface area (Å²) < 4.78 is 1.44. The number of hydrogen-bond donors (Lipinski definition) is 3. The molecule has 140 valence electrons. The lowest BCUT2D eigenvalue weighted by molar-refractivity contribution is -0.159. The highest BCUT2D eigenvalue weighted by molar-refractivity contribution is 6.30. The third-order valence-corrected chi connectivity index (χ3v) is 3.55. The van der Waals surface area contributed by atoms with E-state index in [9.17, 15) is 9.90 Å². The van der Waals surface area contributed by atoms with Crippen molar-refractivity contribution in [2.45, 2.75) is 26.0 Å². The molecule has 0 aliphatic heterocycles. The van der Waals surface area contributed by atoms with Crippen LogP contribution in [0.1, 0.15) is 19.4 Å². The number of benzene rings is 1. The molecule has 0 saturated carbocycles. The molecular weight excluding hydrogens is 366 g/mol. The number of carboxylic acids is 2. The van der Waals surface area contributed by atoms with Crippen LogP contribution in [0.5, 0.6) is 0 Å². The van der Waals surface area contributed by atoms with Gasteiger partial charge < -0.3 is 15.3 Å². The summed E-state index contributed by atoms with van der Waals surface area (Å²) in [5.74, 6) is -4.22. The van der Waals surface area contributed by atoms with Gasteiger partial charge in [-0.15, -0.1) is 0 Å². The van der Waals surface area contributed by atoms with Crippen molar-refractivity contribution in [2.75, 3.05) is 0 Å². The summed E-state index contributed by atoms with van der Waals surface area (Å²) in [4.78, 5) is 34.5. The molecule has 1 heterocycles. The van der Waals surface area contributed by atoms with Crippen LogP contribution >= 0.6 is 11.6 Å². The monoisotopic (exact) mass is 383 g/mol. The van der Waals surface area contributed by atoms with Gasteiger partial charge in [-0.2, -0.15) is 5.10 Å². The zero-order valence-corrected chi connectivity index (χ0v) is 14.8. The molecule has 0 aliphatic carbocycles. The van der Waals surface area contributed by atoms with Gasteiger partial charge in [-0.3, -0.25) is 4.79 Å². The number of ketones is 1. The molecule has 2 aromatic rings. The van der Waals surface area contributed by atoms with Gasteiger partial charge in [0.2, 0.25) is 0 Å². The molecule has 0 bridgehead atoms. The fourth-order valence-electron chi connectivity index (χ4n) is 2.06. The van der Waals surface area contributed by atoms with E-state index in [4.69, 9.17) is 31.4 Å². The van der Waals surface area contributed by atoms with Crippen LogP contribution in [-0.4, -0.2) is 47.8 Å². The number of carboxylic acid groups (broad SMARTS) is 2. The van der Waals surface area contributed by atoms with Crippen molar-refractivity contribution in [3.05, 3.63) is 47.5 Å². The first-order valence-corrected chi connectivity index (χ1v) is 7.77. The van der Waals surface area contributed by atoms with Gasteiger partial charge in [0.15, 0.2) is 11.4 Å². The largest absolute Gasteiger partial charge is 0.473 e. The van der Waals surface area contributed by atoms with Crippen LogP contribution in [0.15, 0.2) is 36.9 Å². The molecule has 0 radical (unpaired) electrons. The lowest BCUT2D eigenvalue weighted by Crippen LogP contribution is -2.42. The second-order valence-electron chi connectivity index (χ2n) is 5.59. The molecule has 1 unspecified atom stereocenters. The Hall–Kier alpha value is -2.78. The van der Waals surface area contributed by atoms with E-state index in [0.717, 1.165) is 0 Å². The van der Waals surface area contributed by atoms with Crippen molar-refractivity contribution in [2.24, 2.45) is 5.92 Å². The highest BCUT2D eigenvalue weighted by atomic mass is 35.5. The minimum absolute atomic E-state index is 0.0195. The van der Waals surface area contributed by atoms with Gasteiger partial charge in [0.25, 0.3) is 0 Å². The Kier molecular flexibility index (Phi) is 7.41. The van der Waals surface area contributed by atoms with E-state index in [0.29, 0.717) is 10.6 Å². The van der Waals surface area contributed by atoms with Gasteiger partial charge in [-0.05, 0) is 17.7 Å². The van der Waals surface area contributed by atoms with Crippen LogP contribution in [0.3, 0.4) is 0 Å². The van der Waals surface area contributed by atoms with E-state index in [2.05, 4.69) is 10.1 Å². The van der Waals surface area contributed by atoms with E-state index >= 15 is 0 Å². The summed E-state index contributed by atoms with van der Waals surface area (Å²) in [6, 6.07) is 6.60. The minimum Gasteiger partial charge on any atom is -0.473 e. The number of rotatable bonds is 5. The number of nitrogens with zero attached hydrogens (tertiary/aromatic N) is 3. The lowest BCUT2D eigenvalue weighted by Gasteiger charge is -2.28. The van der Waals surface area contributed by atoms with Crippen molar-refractivity contribution in [1.29, 1.82) is 0 Å². The zero-order valence-electron chi connectivity index (χ0n) is 14.0. The lowest BCUT2D eigenvalue weighted by atomic mass is 9.84. The Morgan fingerprint density at radius 1 is 1.15 bits per heavy atom.